The van der Waals surface area contributed by atoms with E-state index in [1.165, 1.54) is 0 Å². The van der Waals surface area contributed by atoms with E-state index in [1.807, 2.05) is 12.1 Å². The van der Waals surface area contributed by atoms with Crippen molar-refractivity contribution in [3.05, 3.63) is 39.9 Å². The number of rotatable bonds is 6. The van der Waals surface area contributed by atoms with E-state index in [0.29, 0.717) is 6.42 Å². The second-order valence-corrected chi connectivity index (χ2v) is 7.18. The minimum atomic E-state index is -0.310. The Balaban J connectivity index is 2.59. The van der Waals surface area contributed by atoms with Crippen LogP contribution in [-0.2, 0) is 6.42 Å². The number of hydrogen-bond donors (Lipinski definition) is 1. The fraction of sp³-hybridized carbons (Fsp3) is 0.625. The van der Waals surface area contributed by atoms with E-state index >= 15 is 0 Å². The number of nitro groups is 1. The zero-order valence-electron chi connectivity index (χ0n) is 13.2. The van der Waals surface area contributed by atoms with Crippen molar-refractivity contribution in [3.8, 4) is 0 Å². The Morgan fingerprint density at radius 1 is 1.15 bits per heavy atom. The molecule has 1 rings (SSSR count). The highest BCUT2D eigenvalue weighted by molar-refractivity contribution is 5.39. The average Bonchev–Trinajstić information content (AvgIpc) is 2.25. The third-order valence-corrected chi connectivity index (χ3v) is 3.16. The van der Waals surface area contributed by atoms with Crippen LogP contribution in [0, 0.1) is 15.5 Å². The van der Waals surface area contributed by atoms with E-state index in [-0.39, 0.29) is 21.6 Å². The molecule has 0 unspecified atom stereocenters. The van der Waals surface area contributed by atoms with Crippen molar-refractivity contribution >= 4 is 5.69 Å². The van der Waals surface area contributed by atoms with Gasteiger partial charge in [-0.1, -0.05) is 39.0 Å². The highest BCUT2D eigenvalue weighted by Gasteiger charge is 2.24. The van der Waals surface area contributed by atoms with Crippen LogP contribution < -0.4 is 5.32 Å². The van der Waals surface area contributed by atoms with E-state index in [2.05, 4.69) is 39.9 Å². The third kappa shape index (κ3) is 5.70. The summed E-state index contributed by atoms with van der Waals surface area (Å²) in [6.07, 6.45) is 1.72. The zero-order chi connectivity index (χ0) is 15.4. The zero-order valence-corrected chi connectivity index (χ0v) is 13.2. The maximum Gasteiger partial charge on any atom is 0.272 e. The number of para-hydroxylation sites is 1. The summed E-state index contributed by atoms with van der Waals surface area (Å²) >= 11 is 0. The molecule has 0 aliphatic rings. The molecule has 1 N–H and O–H groups in total. The van der Waals surface area contributed by atoms with Crippen molar-refractivity contribution in [2.75, 3.05) is 6.54 Å². The summed E-state index contributed by atoms with van der Waals surface area (Å²) in [4.78, 5) is 10.6. The summed E-state index contributed by atoms with van der Waals surface area (Å²) in [6, 6.07) is 6.95. The van der Waals surface area contributed by atoms with Gasteiger partial charge in [0, 0.05) is 17.2 Å². The molecule has 0 atom stereocenters. The van der Waals surface area contributed by atoms with Gasteiger partial charge in [-0.2, -0.15) is 0 Å². The number of hydrogen-bond acceptors (Lipinski definition) is 3. The maximum atomic E-state index is 11.0. The molecule has 0 aromatic heterocycles. The van der Waals surface area contributed by atoms with E-state index < -0.39 is 0 Å². The smallest absolute Gasteiger partial charge is 0.272 e. The standard InChI is InChI=1S/C16H26N2O2/c1-15(2,3)12-16(4,5)17-11-10-13-8-6-7-9-14(13)18(19)20/h6-9,17H,10-12H2,1-5H3. The number of nitrogens with one attached hydrogen (secondary N) is 1. The summed E-state index contributed by atoms with van der Waals surface area (Å²) in [5.74, 6) is 0. The number of nitro benzene ring substituents is 1. The van der Waals surface area contributed by atoms with Gasteiger partial charge in [-0.05, 0) is 38.6 Å². The van der Waals surface area contributed by atoms with Gasteiger partial charge < -0.3 is 5.32 Å². The number of benzene rings is 1. The Kier molecular flexibility index (Phi) is 5.28. The first kappa shape index (κ1) is 16.6. The Labute approximate surface area is 121 Å². The summed E-state index contributed by atoms with van der Waals surface area (Å²) in [7, 11) is 0. The molecule has 4 nitrogen and oxygen atoms in total. The largest absolute Gasteiger partial charge is 0.311 e. The molecule has 0 heterocycles. The predicted octanol–water partition coefficient (Wildman–Crippen LogP) is 3.94. The van der Waals surface area contributed by atoms with Crippen molar-refractivity contribution in [3.63, 3.8) is 0 Å². The lowest BCUT2D eigenvalue weighted by Crippen LogP contribution is -2.43. The molecule has 0 radical (unpaired) electrons. The average molecular weight is 278 g/mol. The second-order valence-electron chi connectivity index (χ2n) is 7.18. The molecule has 1 aromatic carbocycles. The summed E-state index contributed by atoms with van der Waals surface area (Å²) in [6.45, 7) is 11.8. The van der Waals surface area contributed by atoms with Crippen molar-refractivity contribution in [1.82, 2.24) is 5.32 Å². The fourth-order valence-electron chi connectivity index (χ4n) is 2.82. The Morgan fingerprint density at radius 2 is 1.75 bits per heavy atom. The molecular weight excluding hydrogens is 252 g/mol. The molecule has 0 saturated carbocycles. The van der Waals surface area contributed by atoms with Gasteiger partial charge in [0.05, 0.1) is 4.92 Å². The first-order valence-electron chi connectivity index (χ1n) is 7.08. The van der Waals surface area contributed by atoms with E-state index in [0.717, 1.165) is 18.5 Å². The van der Waals surface area contributed by atoms with Crippen LogP contribution >= 0.6 is 0 Å². The molecule has 0 spiro atoms. The topological polar surface area (TPSA) is 55.2 Å². The van der Waals surface area contributed by atoms with Crippen LogP contribution in [0.3, 0.4) is 0 Å². The fourth-order valence-corrected chi connectivity index (χ4v) is 2.82. The van der Waals surface area contributed by atoms with Crippen LogP contribution in [0.2, 0.25) is 0 Å². The monoisotopic (exact) mass is 278 g/mol. The van der Waals surface area contributed by atoms with Crippen LogP contribution in [0.15, 0.2) is 24.3 Å². The molecular formula is C16H26N2O2. The van der Waals surface area contributed by atoms with Gasteiger partial charge in [0.2, 0.25) is 0 Å². The molecule has 0 bridgehead atoms. The van der Waals surface area contributed by atoms with Crippen LogP contribution in [0.5, 0.6) is 0 Å². The highest BCUT2D eigenvalue weighted by atomic mass is 16.6. The SMILES string of the molecule is CC(C)(C)CC(C)(C)NCCc1ccccc1[N+](=O)[O-]. The van der Waals surface area contributed by atoms with Gasteiger partial charge in [0.25, 0.3) is 5.69 Å². The molecule has 112 valence electrons. The lowest BCUT2D eigenvalue weighted by atomic mass is 9.82. The van der Waals surface area contributed by atoms with Crippen LogP contribution in [0.4, 0.5) is 5.69 Å². The molecule has 0 amide bonds. The van der Waals surface area contributed by atoms with Gasteiger partial charge >= 0.3 is 0 Å². The second kappa shape index (κ2) is 6.35. The molecule has 20 heavy (non-hydrogen) atoms. The highest BCUT2D eigenvalue weighted by Crippen LogP contribution is 2.27. The van der Waals surface area contributed by atoms with Crippen LogP contribution in [-0.4, -0.2) is 17.0 Å². The lowest BCUT2D eigenvalue weighted by molar-refractivity contribution is -0.385. The first-order chi connectivity index (χ1) is 9.11. The molecule has 0 saturated heterocycles. The van der Waals surface area contributed by atoms with Crippen molar-refractivity contribution in [2.24, 2.45) is 5.41 Å². The summed E-state index contributed by atoms with van der Waals surface area (Å²) in [5, 5.41) is 14.5. The molecule has 0 aliphatic carbocycles. The maximum absolute atomic E-state index is 11.0. The van der Waals surface area contributed by atoms with Gasteiger partial charge in [0.15, 0.2) is 0 Å². The first-order valence-corrected chi connectivity index (χ1v) is 7.08. The van der Waals surface area contributed by atoms with E-state index in [4.69, 9.17) is 0 Å². The Bertz CT molecular complexity index is 462. The quantitative estimate of drug-likeness (QED) is 0.633. The molecule has 4 heteroatoms. The summed E-state index contributed by atoms with van der Waals surface area (Å²) < 4.78 is 0. The Hall–Kier alpha value is -1.42. The van der Waals surface area contributed by atoms with Gasteiger partial charge in [-0.25, -0.2) is 0 Å². The van der Waals surface area contributed by atoms with Gasteiger partial charge in [0.1, 0.15) is 0 Å². The van der Waals surface area contributed by atoms with E-state index in [9.17, 15) is 10.1 Å². The van der Waals surface area contributed by atoms with Gasteiger partial charge in [-0.15, -0.1) is 0 Å². The summed E-state index contributed by atoms with van der Waals surface area (Å²) in [5.41, 5.74) is 1.29. The van der Waals surface area contributed by atoms with Crippen molar-refractivity contribution in [2.45, 2.75) is 53.0 Å². The van der Waals surface area contributed by atoms with Crippen molar-refractivity contribution < 1.29 is 4.92 Å². The molecule has 0 aliphatic heterocycles. The molecule has 1 aromatic rings. The predicted molar refractivity (Wildman–Crippen MR) is 83.0 cm³/mol. The van der Waals surface area contributed by atoms with Crippen LogP contribution in [0.25, 0.3) is 0 Å². The van der Waals surface area contributed by atoms with Gasteiger partial charge in [-0.3, -0.25) is 10.1 Å². The third-order valence-electron chi connectivity index (χ3n) is 3.16. The molecule has 0 fully saturated rings. The Morgan fingerprint density at radius 3 is 2.30 bits per heavy atom. The minimum Gasteiger partial charge on any atom is -0.311 e. The van der Waals surface area contributed by atoms with E-state index in [1.54, 1.807) is 12.1 Å². The number of nitrogens with zero attached hydrogens (tertiary/aromatic N) is 1. The normalized spacial score (nSPS) is 12.4. The lowest BCUT2D eigenvalue weighted by Gasteiger charge is -2.33. The van der Waals surface area contributed by atoms with Crippen LogP contribution in [0.1, 0.15) is 46.6 Å². The van der Waals surface area contributed by atoms with Crippen molar-refractivity contribution in [1.29, 1.82) is 0 Å². The minimum absolute atomic E-state index is 0.0296.